The third-order valence-corrected chi connectivity index (χ3v) is 7.88. The molecule has 3 aliphatic rings. The number of carboxylic acids is 1. The second-order valence-electron chi connectivity index (χ2n) is 10.2. The van der Waals surface area contributed by atoms with Gasteiger partial charge in [-0.3, -0.25) is 14.4 Å². The van der Waals surface area contributed by atoms with Crippen molar-refractivity contribution in [2.45, 2.75) is 89.6 Å². The number of carboxylic acid groups (broad SMARTS) is 1. The van der Waals surface area contributed by atoms with E-state index in [1.54, 1.807) is 17.9 Å². The van der Waals surface area contributed by atoms with Crippen LogP contribution in [0.25, 0.3) is 0 Å². The molecule has 2 bridgehead atoms. The van der Waals surface area contributed by atoms with Gasteiger partial charge in [-0.1, -0.05) is 33.3 Å². The zero-order valence-corrected chi connectivity index (χ0v) is 19.9. The van der Waals surface area contributed by atoms with Gasteiger partial charge in [-0.05, 0) is 39.0 Å². The van der Waals surface area contributed by atoms with Gasteiger partial charge in [0.25, 0.3) is 0 Å². The number of rotatable bonds is 10. The van der Waals surface area contributed by atoms with Gasteiger partial charge in [0, 0.05) is 12.6 Å². The van der Waals surface area contributed by atoms with Gasteiger partial charge in [0.1, 0.15) is 11.6 Å². The van der Waals surface area contributed by atoms with Crippen LogP contribution in [0.15, 0.2) is 12.7 Å². The number of aliphatic hydroxyl groups is 1. The Morgan fingerprint density at radius 3 is 2.50 bits per heavy atom. The molecule has 0 aromatic heterocycles. The van der Waals surface area contributed by atoms with E-state index in [0.29, 0.717) is 19.4 Å². The zero-order valence-electron chi connectivity index (χ0n) is 19.9. The van der Waals surface area contributed by atoms with Gasteiger partial charge in [-0.25, -0.2) is 0 Å². The van der Waals surface area contributed by atoms with Gasteiger partial charge in [0.05, 0.1) is 30.1 Å². The second kappa shape index (κ2) is 8.78. The molecule has 32 heavy (non-hydrogen) atoms. The molecule has 7 atom stereocenters. The Morgan fingerprint density at radius 2 is 2.00 bits per heavy atom. The lowest BCUT2D eigenvalue weighted by atomic mass is 9.66. The van der Waals surface area contributed by atoms with Crippen LogP contribution < -0.4 is 0 Å². The highest BCUT2D eigenvalue weighted by Gasteiger charge is 2.79. The highest BCUT2D eigenvalue weighted by Crippen LogP contribution is 2.63. The molecule has 3 heterocycles. The van der Waals surface area contributed by atoms with E-state index in [4.69, 9.17) is 4.74 Å². The average Bonchev–Trinajstić information content (AvgIpc) is 3.27. The van der Waals surface area contributed by atoms with Crippen molar-refractivity contribution in [2.24, 2.45) is 17.8 Å². The van der Waals surface area contributed by atoms with Crippen molar-refractivity contribution < 1.29 is 29.3 Å². The van der Waals surface area contributed by atoms with Crippen LogP contribution in [0.3, 0.4) is 0 Å². The molecular weight excluding hydrogens is 412 g/mol. The molecular formula is C24H38N2O6. The number of carbonyl (C=O) groups is 3. The summed E-state index contributed by atoms with van der Waals surface area (Å²) in [7, 11) is 0. The topological polar surface area (TPSA) is 107 Å². The van der Waals surface area contributed by atoms with E-state index >= 15 is 0 Å². The van der Waals surface area contributed by atoms with Crippen molar-refractivity contribution in [2.75, 3.05) is 13.2 Å². The molecule has 3 saturated heterocycles. The van der Waals surface area contributed by atoms with Gasteiger partial charge in [-0.15, -0.1) is 6.58 Å². The first-order chi connectivity index (χ1) is 15.0. The van der Waals surface area contributed by atoms with E-state index in [1.165, 1.54) is 4.90 Å². The Labute approximate surface area is 190 Å². The molecule has 1 spiro atoms. The van der Waals surface area contributed by atoms with Gasteiger partial charge in [0.15, 0.2) is 0 Å². The third-order valence-electron chi connectivity index (χ3n) is 7.88. The smallest absolute Gasteiger partial charge is 0.310 e. The molecule has 8 heteroatoms. The van der Waals surface area contributed by atoms with Gasteiger partial charge in [-0.2, -0.15) is 0 Å². The van der Waals surface area contributed by atoms with Gasteiger partial charge >= 0.3 is 5.97 Å². The standard InChI is InChI=1S/C24H38N2O6/c1-7-9-15(5)25(12-8-2)21(29)19-24-11-10-23(6,32-24)18(22(30)31)17(24)20(28)26(19)16(13-27)14(3)4/h8,14-19,27H,2,7,9-13H2,1,3-6H3,(H,30,31)/t15?,16-,17-,18-,19?,23+,24?/m0/s1. The van der Waals surface area contributed by atoms with E-state index in [0.717, 1.165) is 12.8 Å². The van der Waals surface area contributed by atoms with Crippen LogP contribution in [0, 0.1) is 17.8 Å². The van der Waals surface area contributed by atoms with Crippen LogP contribution in [0.4, 0.5) is 0 Å². The quantitative estimate of drug-likeness (QED) is 0.494. The van der Waals surface area contributed by atoms with Crippen molar-refractivity contribution >= 4 is 17.8 Å². The van der Waals surface area contributed by atoms with Gasteiger partial charge in [0.2, 0.25) is 11.8 Å². The SMILES string of the molecule is C=CCN(C(=O)C1N([C@@H](CO)C(C)C)C(=O)[C@@H]2[C@@H](C(=O)O)[C@@]3(C)CCC12O3)C(C)CCC. The minimum atomic E-state index is -1.19. The lowest BCUT2D eigenvalue weighted by Crippen LogP contribution is -2.60. The van der Waals surface area contributed by atoms with Crippen LogP contribution >= 0.6 is 0 Å². The van der Waals surface area contributed by atoms with Crippen molar-refractivity contribution in [1.82, 2.24) is 9.80 Å². The molecule has 3 rings (SSSR count). The highest BCUT2D eigenvalue weighted by atomic mass is 16.5. The molecule has 0 saturated carbocycles. The monoisotopic (exact) mass is 450 g/mol. The summed E-state index contributed by atoms with van der Waals surface area (Å²) in [6, 6.07) is -1.65. The highest BCUT2D eigenvalue weighted by molar-refractivity contribution is 5.98. The maximum Gasteiger partial charge on any atom is 0.310 e. The zero-order chi connectivity index (χ0) is 24.0. The Hall–Kier alpha value is -1.93. The number of hydrogen-bond donors (Lipinski definition) is 2. The van der Waals surface area contributed by atoms with E-state index in [1.807, 2.05) is 27.7 Å². The molecule has 3 aliphatic heterocycles. The minimum Gasteiger partial charge on any atom is -0.481 e. The number of aliphatic hydroxyl groups excluding tert-OH is 1. The third kappa shape index (κ3) is 3.46. The Kier molecular flexibility index (Phi) is 6.78. The van der Waals surface area contributed by atoms with E-state index in [9.17, 15) is 24.6 Å². The number of aliphatic carboxylic acids is 1. The summed E-state index contributed by atoms with van der Waals surface area (Å²) in [6.07, 6.45) is 4.27. The van der Waals surface area contributed by atoms with E-state index < -0.39 is 47.0 Å². The van der Waals surface area contributed by atoms with Crippen LogP contribution in [0.1, 0.15) is 60.3 Å². The predicted molar refractivity (Wildman–Crippen MR) is 119 cm³/mol. The first-order valence-electron chi connectivity index (χ1n) is 11.8. The summed E-state index contributed by atoms with van der Waals surface area (Å²) in [4.78, 5) is 43.4. The fourth-order valence-corrected chi connectivity index (χ4v) is 6.35. The maximum atomic E-state index is 14.1. The molecule has 0 aromatic rings. The molecule has 3 fully saturated rings. The number of amides is 2. The van der Waals surface area contributed by atoms with E-state index in [-0.39, 0.29) is 24.5 Å². The maximum absolute atomic E-state index is 14.1. The predicted octanol–water partition coefficient (Wildman–Crippen LogP) is 2.06. The summed E-state index contributed by atoms with van der Waals surface area (Å²) >= 11 is 0. The first-order valence-corrected chi connectivity index (χ1v) is 11.8. The van der Waals surface area contributed by atoms with Crippen LogP contribution in [-0.4, -0.2) is 80.3 Å². The Balaban J connectivity index is 2.15. The number of likely N-dealkylation sites (tertiary alicyclic amines) is 1. The molecule has 0 radical (unpaired) electrons. The van der Waals surface area contributed by atoms with Crippen molar-refractivity contribution in [1.29, 1.82) is 0 Å². The second-order valence-corrected chi connectivity index (χ2v) is 10.2. The minimum absolute atomic E-state index is 0.0750. The van der Waals surface area contributed by atoms with Crippen molar-refractivity contribution in [3.8, 4) is 0 Å². The van der Waals surface area contributed by atoms with Crippen molar-refractivity contribution in [3.05, 3.63) is 12.7 Å². The molecule has 2 amide bonds. The number of hydrogen-bond acceptors (Lipinski definition) is 5. The summed E-state index contributed by atoms with van der Waals surface area (Å²) in [5, 5.41) is 20.2. The largest absolute Gasteiger partial charge is 0.481 e. The summed E-state index contributed by atoms with van der Waals surface area (Å²) < 4.78 is 6.42. The molecule has 3 unspecified atom stereocenters. The number of ether oxygens (including phenoxy) is 1. The normalized spacial score (nSPS) is 35.2. The molecule has 0 aliphatic carbocycles. The first kappa shape index (κ1) is 24.7. The fourth-order valence-electron chi connectivity index (χ4n) is 6.35. The number of carbonyl (C=O) groups excluding carboxylic acids is 2. The van der Waals surface area contributed by atoms with Gasteiger partial charge < -0.3 is 24.7 Å². The Bertz CT molecular complexity index is 784. The lowest BCUT2D eigenvalue weighted by Gasteiger charge is -2.42. The molecule has 0 aromatic carbocycles. The molecule has 8 nitrogen and oxygen atoms in total. The van der Waals surface area contributed by atoms with E-state index in [2.05, 4.69) is 6.58 Å². The molecule has 180 valence electrons. The fraction of sp³-hybridized carbons (Fsp3) is 0.792. The van der Waals surface area contributed by atoms with Crippen molar-refractivity contribution in [3.63, 3.8) is 0 Å². The summed E-state index contributed by atoms with van der Waals surface area (Å²) in [5.41, 5.74) is -2.18. The van der Waals surface area contributed by atoms with Crippen LogP contribution in [0.5, 0.6) is 0 Å². The summed E-state index contributed by atoms with van der Waals surface area (Å²) in [6.45, 7) is 13.4. The Morgan fingerprint density at radius 1 is 1.34 bits per heavy atom. The van der Waals surface area contributed by atoms with Crippen LogP contribution in [-0.2, 0) is 19.1 Å². The lowest BCUT2D eigenvalue weighted by molar-refractivity contribution is -0.160. The summed E-state index contributed by atoms with van der Waals surface area (Å²) in [5.74, 6) is -3.80. The van der Waals surface area contributed by atoms with Crippen LogP contribution in [0.2, 0.25) is 0 Å². The number of fused-ring (bicyclic) bond motifs is 1. The number of nitrogens with zero attached hydrogens (tertiary/aromatic N) is 2. The average molecular weight is 451 g/mol. The molecule has 2 N–H and O–H groups in total.